The van der Waals surface area contributed by atoms with Gasteiger partial charge in [0.05, 0.1) is 6.07 Å². The molecule has 76 valence electrons. The van der Waals surface area contributed by atoms with Crippen molar-refractivity contribution in [2.24, 2.45) is 17.3 Å². The Morgan fingerprint density at radius 1 is 1.57 bits per heavy atom. The molecule has 0 aromatic carbocycles. The molecule has 0 unspecified atom stereocenters. The topological polar surface area (TPSA) is 23.8 Å². The summed E-state index contributed by atoms with van der Waals surface area (Å²) < 4.78 is 0. The highest BCUT2D eigenvalue weighted by Gasteiger charge is 2.38. The van der Waals surface area contributed by atoms with E-state index in [0.29, 0.717) is 11.8 Å². The zero-order valence-electron chi connectivity index (χ0n) is 9.38. The smallest absolute Gasteiger partial charge is 0.0908 e. The molecule has 0 heterocycles. The molecule has 0 saturated heterocycles. The van der Waals surface area contributed by atoms with E-state index in [1.807, 2.05) is 6.08 Å². The molecule has 1 fully saturated rings. The molecule has 0 spiro atoms. The lowest BCUT2D eigenvalue weighted by molar-refractivity contribution is 0.141. The van der Waals surface area contributed by atoms with E-state index in [0.717, 1.165) is 6.42 Å². The fraction of sp³-hybridized carbons (Fsp3) is 0.615. The van der Waals surface area contributed by atoms with Crippen molar-refractivity contribution in [3.63, 3.8) is 0 Å². The fourth-order valence-corrected chi connectivity index (χ4v) is 2.29. The quantitative estimate of drug-likeness (QED) is 0.456. The minimum absolute atomic E-state index is 0.239. The van der Waals surface area contributed by atoms with Gasteiger partial charge in [0.15, 0.2) is 0 Å². The molecule has 0 aromatic heterocycles. The van der Waals surface area contributed by atoms with Crippen LogP contribution in [0.2, 0.25) is 0 Å². The first-order chi connectivity index (χ1) is 6.50. The first kappa shape index (κ1) is 11.0. The Morgan fingerprint density at radius 2 is 2.21 bits per heavy atom. The molecule has 0 radical (unpaired) electrons. The lowest BCUT2D eigenvalue weighted by Crippen LogP contribution is -2.35. The molecule has 1 heteroatoms. The van der Waals surface area contributed by atoms with Crippen LogP contribution in [-0.4, -0.2) is 0 Å². The summed E-state index contributed by atoms with van der Waals surface area (Å²) in [4.78, 5) is 0. The maximum absolute atomic E-state index is 8.55. The van der Waals surface area contributed by atoms with Crippen LogP contribution < -0.4 is 0 Å². The molecular weight excluding hydrogens is 170 g/mol. The molecule has 1 rings (SSSR count). The van der Waals surface area contributed by atoms with E-state index in [2.05, 4.69) is 33.4 Å². The van der Waals surface area contributed by atoms with Crippen LogP contribution in [0.15, 0.2) is 24.3 Å². The predicted molar refractivity (Wildman–Crippen MR) is 59.6 cm³/mol. The highest BCUT2D eigenvalue weighted by molar-refractivity contribution is 5.20. The number of hydrogen-bond donors (Lipinski definition) is 0. The van der Waals surface area contributed by atoms with E-state index in [1.54, 1.807) is 6.08 Å². The van der Waals surface area contributed by atoms with Crippen LogP contribution >= 0.6 is 0 Å². The molecule has 0 aromatic rings. The molecule has 1 aliphatic carbocycles. The number of nitrogens with zero attached hydrogens (tertiary/aromatic N) is 1. The van der Waals surface area contributed by atoms with Gasteiger partial charge >= 0.3 is 0 Å². The second kappa shape index (κ2) is 4.00. The van der Waals surface area contributed by atoms with Gasteiger partial charge in [-0.25, -0.2) is 0 Å². The molecule has 1 aliphatic rings. The third-order valence-corrected chi connectivity index (χ3v) is 3.77. The van der Waals surface area contributed by atoms with E-state index < -0.39 is 0 Å². The summed E-state index contributed by atoms with van der Waals surface area (Å²) >= 11 is 0. The Labute approximate surface area is 87.1 Å². The van der Waals surface area contributed by atoms with Crippen molar-refractivity contribution in [1.29, 1.82) is 5.26 Å². The minimum atomic E-state index is 0.239. The van der Waals surface area contributed by atoms with Crippen molar-refractivity contribution in [3.05, 3.63) is 24.3 Å². The van der Waals surface area contributed by atoms with Crippen LogP contribution in [0, 0.1) is 28.6 Å². The molecular formula is C13H19N. The summed E-state index contributed by atoms with van der Waals surface area (Å²) in [6, 6.07) is 2.07. The summed E-state index contributed by atoms with van der Waals surface area (Å²) in [6.45, 7) is 11.0. The largest absolute Gasteiger partial charge is 0.193 e. The third kappa shape index (κ3) is 1.90. The Balaban J connectivity index is 2.92. The van der Waals surface area contributed by atoms with Crippen LogP contribution in [0.3, 0.4) is 0 Å². The lowest BCUT2D eigenvalue weighted by Gasteiger charge is -2.43. The predicted octanol–water partition coefficient (Wildman–Crippen LogP) is 3.69. The Kier molecular flexibility index (Phi) is 3.16. The molecule has 0 amide bonds. The van der Waals surface area contributed by atoms with Crippen molar-refractivity contribution in [3.8, 4) is 6.07 Å². The zero-order chi connectivity index (χ0) is 10.8. The molecule has 1 saturated carbocycles. The van der Waals surface area contributed by atoms with Gasteiger partial charge in [-0.2, -0.15) is 5.26 Å². The van der Waals surface area contributed by atoms with Crippen molar-refractivity contribution in [1.82, 2.24) is 0 Å². The molecule has 14 heavy (non-hydrogen) atoms. The van der Waals surface area contributed by atoms with E-state index in [1.165, 1.54) is 12.0 Å². The third-order valence-electron chi connectivity index (χ3n) is 3.77. The van der Waals surface area contributed by atoms with Gasteiger partial charge in [0.1, 0.15) is 0 Å². The average molecular weight is 189 g/mol. The maximum Gasteiger partial charge on any atom is 0.0908 e. The van der Waals surface area contributed by atoms with Gasteiger partial charge < -0.3 is 0 Å². The Morgan fingerprint density at radius 3 is 2.79 bits per heavy atom. The number of rotatable bonds is 1. The number of nitriles is 1. The molecule has 0 aliphatic heterocycles. The van der Waals surface area contributed by atoms with Crippen LogP contribution in [0.5, 0.6) is 0 Å². The summed E-state index contributed by atoms with van der Waals surface area (Å²) in [5, 5.41) is 8.55. The van der Waals surface area contributed by atoms with E-state index in [4.69, 9.17) is 5.26 Å². The van der Waals surface area contributed by atoms with E-state index in [-0.39, 0.29) is 5.41 Å². The fourth-order valence-electron chi connectivity index (χ4n) is 2.29. The van der Waals surface area contributed by atoms with Gasteiger partial charge in [-0.15, -0.1) is 0 Å². The Hall–Kier alpha value is -1.03. The summed E-state index contributed by atoms with van der Waals surface area (Å²) in [5.74, 6) is 1.06. The maximum atomic E-state index is 8.55. The van der Waals surface area contributed by atoms with Crippen LogP contribution in [0.4, 0.5) is 0 Å². The van der Waals surface area contributed by atoms with Crippen LogP contribution in [0.25, 0.3) is 0 Å². The molecule has 2 atom stereocenters. The normalized spacial score (nSPS) is 31.7. The monoisotopic (exact) mass is 189 g/mol. The van der Waals surface area contributed by atoms with Gasteiger partial charge in [0, 0.05) is 12.0 Å². The SMILES string of the molecule is C=C1CC[C@@H](C)C(C)(C)[C@H]1C=CC#N. The second-order valence-electron chi connectivity index (χ2n) is 4.89. The minimum Gasteiger partial charge on any atom is -0.193 e. The van der Waals surface area contributed by atoms with Crippen molar-refractivity contribution >= 4 is 0 Å². The molecule has 0 bridgehead atoms. The second-order valence-corrected chi connectivity index (χ2v) is 4.89. The lowest BCUT2D eigenvalue weighted by atomic mass is 9.61. The van der Waals surface area contributed by atoms with Gasteiger partial charge in [-0.3, -0.25) is 0 Å². The van der Waals surface area contributed by atoms with Gasteiger partial charge in [-0.1, -0.05) is 39.0 Å². The van der Waals surface area contributed by atoms with Gasteiger partial charge in [0.2, 0.25) is 0 Å². The molecule has 1 nitrogen and oxygen atoms in total. The standard InChI is InChI=1S/C13H19N/c1-10-7-8-11(2)13(3,4)12(10)6-5-9-14/h5-6,11-12H,1,7-8H2,2-4H3/t11-,12+/m1/s1. The average Bonchev–Trinajstić information content (AvgIpc) is 2.12. The summed E-state index contributed by atoms with van der Waals surface area (Å²) in [5.41, 5.74) is 1.52. The van der Waals surface area contributed by atoms with Gasteiger partial charge in [-0.05, 0) is 24.2 Å². The number of hydrogen-bond acceptors (Lipinski definition) is 1. The van der Waals surface area contributed by atoms with Gasteiger partial charge in [0.25, 0.3) is 0 Å². The van der Waals surface area contributed by atoms with E-state index >= 15 is 0 Å². The first-order valence-electron chi connectivity index (χ1n) is 5.24. The Bertz CT molecular complexity index is 291. The van der Waals surface area contributed by atoms with Crippen molar-refractivity contribution in [2.45, 2.75) is 33.6 Å². The zero-order valence-corrected chi connectivity index (χ0v) is 9.38. The first-order valence-corrected chi connectivity index (χ1v) is 5.24. The van der Waals surface area contributed by atoms with E-state index in [9.17, 15) is 0 Å². The number of allylic oxidation sites excluding steroid dienone is 3. The highest BCUT2D eigenvalue weighted by Crippen LogP contribution is 2.47. The summed E-state index contributed by atoms with van der Waals surface area (Å²) in [6.07, 6.45) is 5.93. The van der Waals surface area contributed by atoms with Crippen LogP contribution in [-0.2, 0) is 0 Å². The molecule has 0 N–H and O–H groups in total. The highest BCUT2D eigenvalue weighted by atomic mass is 14.4. The van der Waals surface area contributed by atoms with Crippen molar-refractivity contribution < 1.29 is 0 Å². The van der Waals surface area contributed by atoms with Crippen molar-refractivity contribution in [2.75, 3.05) is 0 Å². The van der Waals surface area contributed by atoms with Crippen LogP contribution in [0.1, 0.15) is 33.6 Å². The summed E-state index contributed by atoms with van der Waals surface area (Å²) in [7, 11) is 0.